The van der Waals surface area contributed by atoms with Gasteiger partial charge in [-0.15, -0.1) is 0 Å². The third-order valence-corrected chi connectivity index (χ3v) is 6.09. The van der Waals surface area contributed by atoms with Gasteiger partial charge < -0.3 is 4.74 Å². The van der Waals surface area contributed by atoms with E-state index >= 15 is 0 Å². The molecule has 0 saturated carbocycles. The van der Waals surface area contributed by atoms with Gasteiger partial charge in [-0.25, -0.2) is 18.1 Å². The Morgan fingerprint density at radius 3 is 2.39 bits per heavy atom. The average molecular weight is 398 g/mol. The van der Waals surface area contributed by atoms with Gasteiger partial charge >= 0.3 is 5.97 Å². The largest absolute Gasteiger partial charge is 0.469 e. The standard InChI is InChI=1S/C21H22N2O4S/c1-21(2,20(24)27-3)19(23-28(25,26)18-13-6-7-14-22-18)17-12-8-10-15-9-4-5-11-16(15)17/h4-14,19,23H,1-3H3/t19-/m1/s1. The first-order chi connectivity index (χ1) is 13.3. The minimum Gasteiger partial charge on any atom is -0.469 e. The Morgan fingerprint density at radius 1 is 1.04 bits per heavy atom. The molecule has 0 saturated heterocycles. The summed E-state index contributed by atoms with van der Waals surface area (Å²) in [7, 11) is -2.68. The number of hydrogen-bond donors (Lipinski definition) is 1. The SMILES string of the molecule is COC(=O)C(C)(C)[C@H](NS(=O)(=O)c1ccccn1)c1cccc2ccccc12. The van der Waals surface area contributed by atoms with Gasteiger partial charge in [0.25, 0.3) is 10.0 Å². The molecule has 0 amide bonds. The molecule has 1 atom stereocenters. The molecule has 1 aromatic heterocycles. The molecular formula is C21H22N2O4S. The molecule has 7 heteroatoms. The molecule has 0 fully saturated rings. The zero-order valence-electron chi connectivity index (χ0n) is 15.9. The van der Waals surface area contributed by atoms with E-state index < -0.39 is 27.4 Å². The lowest BCUT2D eigenvalue weighted by molar-refractivity contribution is -0.152. The van der Waals surface area contributed by atoms with Gasteiger partial charge in [-0.05, 0) is 42.3 Å². The van der Waals surface area contributed by atoms with Crippen molar-refractivity contribution in [3.63, 3.8) is 0 Å². The first-order valence-electron chi connectivity index (χ1n) is 8.77. The molecule has 0 aliphatic rings. The van der Waals surface area contributed by atoms with Crippen molar-refractivity contribution in [2.45, 2.75) is 24.9 Å². The maximum absolute atomic E-state index is 13.0. The van der Waals surface area contributed by atoms with Crippen LogP contribution in [0.15, 0.2) is 71.9 Å². The quantitative estimate of drug-likeness (QED) is 0.643. The number of carbonyl (C=O) groups is 1. The van der Waals surface area contributed by atoms with Gasteiger partial charge in [0.2, 0.25) is 0 Å². The topological polar surface area (TPSA) is 85.4 Å². The van der Waals surface area contributed by atoms with Crippen molar-refractivity contribution in [3.05, 3.63) is 72.4 Å². The van der Waals surface area contributed by atoms with Gasteiger partial charge in [-0.2, -0.15) is 0 Å². The Kier molecular flexibility index (Phi) is 5.49. The maximum Gasteiger partial charge on any atom is 0.313 e. The zero-order valence-corrected chi connectivity index (χ0v) is 16.7. The Bertz CT molecular complexity index is 1090. The van der Waals surface area contributed by atoms with Crippen LogP contribution in [0.3, 0.4) is 0 Å². The molecule has 3 aromatic rings. The molecule has 0 radical (unpaired) electrons. The van der Waals surface area contributed by atoms with Crippen molar-refractivity contribution in [2.75, 3.05) is 7.11 Å². The summed E-state index contributed by atoms with van der Waals surface area (Å²) in [5.74, 6) is -0.519. The number of carbonyl (C=O) groups excluding carboxylic acids is 1. The number of fused-ring (bicyclic) bond motifs is 1. The number of ether oxygens (including phenoxy) is 1. The van der Waals surface area contributed by atoms with Crippen molar-refractivity contribution >= 4 is 26.8 Å². The van der Waals surface area contributed by atoms with Crippen LogP contribution in [0.5, 0.6) is 0 Å². The van der Waals surface area contributed by atoms with E-state index in [-0.39, 0.29) is 5.03 Å². The fourth-order valence-electron chi connectivity index (χ4n) is 3.20. The second-order valence-corrected chi connectivity index (χ2v) is 8.66. The summed E-state index contributed by atoms with van der Waals surface area (Å²) in [6.45, 7) is 3.32. The number of hydrogen-bond acceptors (Lipinski definition) is 5. The van der Waals surface area contributed by atoms with E-state index in [2.05, 4.69) is 9.71 Å². The fourth-order valence-corrected chi connectivity index (χ4v) is 4.51. The molecule has 0 bridgehead atoms. The molecule has 28 heavy (non-hydrogen) atoms. The number of methoxy groups -OCH3 is 1. The lowest BCUT2D eigenvalue weighted by Gasteiger charge is -2.33. The minimum absolute atomic E-state index is 0.110. The minimum atomic E-state index is -3.97. The van der Waals surface area contributed by atoms with E-state index in [1.165, 1.54) is 19.4 Å². The van der Waals surface area contributed by atoms with Crippen LogP contribution in [0.1, 0.15) is 25.5 Å². The van der Waals surface area contributed by atoms with Gasteiger partial charge in [0.15, 0.2) is 5.03 Å². The second-order valence-electron chi connectivity index (χ2n) is 7.00. The van der Waals surface area contributed by atoms with Crippen LogP contribution < -0.4 is 4.72 Å². The van der Waals surface area contributed by atoms with Gasteiger partial charge in [0, 0.05) is 6.20 Å². The van der Waals surface area contributed by atoms with E-state index in [0.717, 1.165) is 10.8 Å². The van der Waals surface area contributed by atoms with Crippen molar-refractivity contribution in [1.29, 1.82) is 0 Å². The Morgan fingerprint density at radius 2 is 1.71 bits per heavy atom. The summed E-state index contributed by atoms with van der Waals surface area (Å²) in [6.07, 6.45) is 1.41. The summed E-state index contributed by atoms with van der Waals surface area (Å²) < 4.78 is 33.6. The van der Waals surface area contributed by atoms with Crippen molar-refractivity contribution in [3.8, 4) is 0 Å². The normalized spacial score (nSPS) is 13.2. The van der Waals surface area contributed by atoms with Crippen molar-refractivity contribution < 1.29 is 17.9 Å². The molecule has 0 spiro atoms. The summed E-state index contributed by atoms with van der Waals surface area (Å²) in [5, 5.41) is 1.69. The first kappa shape index (κ1) is 20.0. The van der Waals surface area contributed by atoms with E-state index in [4.69, 9.17) is 4.74 Å². The van der Waals surface area contributed by atoms with E-state index in [0.29, 0.717) is 5.56 Å². The number of benzene rings is 2. The lowest BCUT2D eigenvalue weighted by atomic mass is 9.79. The number of aromatic nitrogens is 1. The monoisotopic (exact) mass is 398 g/mol. The van der Waals surface area contributed by atoms with Crippen LogP contribution in [-0.4, -0.2) is 26.5 Å². The second kappa shape index (κ2) is 7.69. The number of nitrogens with one attached hydrogen (secondary N) is 1. The lowest BCUT2D eigenvalue weighted by Crippen LogP contribution is -2.43. The smallest absolute Gasteiger partial charge is 0.313 e. The summed E-state index contributed by atoms with van der Waals surface area (Å²) in [6, 6.07) is 17.0. The molecule has 1 N–H and O–H groups in total. The van der Waals surface area contributed by atoms with E-state index in [9.17, 15) is 13.2 Å². The van der Waals surface area contributed by atoms with Crippen LogP contribution in [0.2, 0.25) is 0 Å². The average Bonchev–Trinajstić information content (AvgIpc) is 2.71. The van der Waals surface area contributed by atoms with Crippen LogP contribution in [-0.2, 0) is 19.6 Å². The van der Waals surface area contributed by atoms with Crippen LogP contribution >= 0.6 is 0 Å². The Hall–Kier alpha value is -2.77. The van der Waals surface area contributed by atoms with Gasteiger partial charge in [0.1, 0.15) is 0 Å². The van der Waals surface area contributed by atoms with Crippen molar-refractivity contribution in [1.82, 2.24) is 9.71 Å². The van der Waals surface area contributed by atoms with Crippen molar-refractivity contribution in [2.24, 2.45) is 5.41 Å². The molecule has 0 aliphatic heterocycles. The highest BCUT2D eigenvalue weighted by molar-refractivity contribution is 7.89. The third kappa shape index (κ3) is 3.76. The number of esters is 1. The number of nitrogens with zero attached hydrogens (tertiary/aromatic N) is 1. The zero-order chi connectivity index (χ0) is 20.4. The molecule has 0 unspecified atom stereocenters. The highest BCUT2D eigenvalue weighted by atomic mass is 32.2. The summed E-state index contributed by atoms with van der Waals surface area (Å²) >= 11 is 0. The molecular weight excluding hydrogens is 376 g/mol. The molecule has 0 aliphatic carbocycles. The molecule has 3 rings (SSSR count). The van der Waals surface area contributed by atoms with Crippen LogP contribution in [0.4, 0.5) is 0 Å². The van der Waals surface area contributed by atoms with Gasteiger partial charge in [-0.3, -0.25) is 4.79 Å². The molecule has 1 heterocycles. The third-order valence-electron chi connectivity index (χ3n) is 4.75. The predicted octanol–water partition coefficient (Wildman–Crippen LogP) is 3.45. The Labute approximate surface area is 164 Å². The number of pyridine rings is 1. The van der Waals surface area contributed by atoms with E-state index in [1.54, 1.807) is 26.0 Å². The fraction of sp³-hybridized carbons (Fsp3) is 0.238. The predicted molar refractivity (Wildman–Crippen MR) is 107 cm³/mol. The maximum atomic E-state index is 13.0. The summed E-state index contributed by atoms with van der Waals surface area (Å²) in [5.41, 5.74) is -0.478. The highest BCUT2D eigenvalue weighted by Gasteiger charge is 2.42. The molecule has 6 nitrogen and oxygen atoms in total. The van der Waals surface area contributed by atoms with Crippen LogP contribution in [0, 0.1) is 5.41 Å². The number of rotatable bonds is 6. The van der Waals surface area contributed by atoms with Gasteiger partial charge in [0.05, 0.1) is 18.6 Å². The number of sulfonamides is 1. The first-order valence-corrected chi connectivity index (χ1v) is 10.2. The van der Waals surface area contributed by atoms with Gasteiger partial charge in [-0.1, -0.05) is 48.5 Å². The summed E-state index contributed by atoms with van der Waals surface area (Å²) in [4.78, 5) is 16.5. The highest BCUT2D eigenvalue weighted by Crippen LogP contribution is 2.38. The molecule has 2 aromatic carbocycles. The van der Waals surface area contributed by atoms with Crippen LogP contribution in [0.25, 0.3) is 10.8 Å². The Balaban J connectivity index is 2.17. The molecule has 146 valence electrons. The van der Waals surface area contributed by atoms with E-state index in [1.807, 2.05) is 42.5 Å².